The molecule has 0 saturated heterocycles. The summed E-state index contributed by atoms with van der Waals surface area (Å²) in [6.07, 6.45) is 5.57. The summed E-state index contributed by atoms with van der Waals surface area (Å²) in [5.74, 6) is 1.42. The van der Waals surface area contributed by atoms with Gasteiger partial charge >= 0.3 is 0 Å². The van der Waals surface area contributed by atoms with E-state index in [-0.39, 0.29) is 17.0 Å². The summed E-state index contributed by atoms with van der Waals surface area (Å²) in [7, 11) is 0. The van der Waals surface area contributed by atoms with E-state index in [2.05, 4.69) is 32.9 Å². The maximum Gasteiger partial charge on any atom is 0.0960 e. The van der Waals surface area contributed by atoms with Crippen molar-refractivity contribution >= 4 is 0 Å². The topological polar surface area (TPSA) is 0 Å². The molecule has 0 bridgehead atoms. The highest BCUT2D eigenvalue weighted by Crippen LogP contribution is 2.27. The SMILES string of the molecule is CCC1=C(C)[C+](C)C=C1.[Br-]. The Balaban J connectivity index is 0.000000810. The first-order chi connectivity index (χ1) is 4.25. The number of halogens is 1. The summed E-state index contributed by atoms with van der Waals surface area (Å²) in [6, 6.07) is 0. The lowest BCUT2D eigenvalue weighted by molar-refractivity contribution is -0.00000202. The molecule has 56 valence electrons. The number of allylic oxidation sites excluding steroid dienone is 4. The van der Waals surface area contributed by atoms with E-state index in [0.717, 1.165) is 0 Å². The molecule has 0 fully saturated rings. The maximum absolute atomic E-state index is 2.21. The van der Waals surface area contributed by atoms with Crippen LogP contribution in [0, 0.1) is 5.92 Å². The lowest BCUT2D eigenvalue weighted by atomic mass is 10.0. The second-order valence-corrected chi connectivity index (χ2v) is 2.52. The molecule has 0 heterocycles. The van der Waals surface area contributed by atoms with E-state index in [1.54, 1.807) is 0 Å². The Morgan fingerprint density at radius 3 is 2.30 bits per heavy atom. The van der Waals surface area contributed by atoms with E-state index < -0.39 is 0 Å². The van der Waals surface area contributed by atoms with Crippen LogP contribution in [-0.2, 0) is 0 Å². The molecule has 0 nitrogen and oxygen atoms in total. The monoisotopic (exact) mass is 200 g/mol. The smallest absolute Gasteiger partial charge is 0.0960 e. The van der Waals surface area contributed by atoms with Gasteiger partial charge in [-0.25, -0.2) is 0 Å². The third-order valence-corrected chi connectivity index (χ3v) is 1.99. The molecule has 0 saturated carbocycles. The van der Waals surface area contributed by atoms with Crippen LogP contribution >= 0.6 is 0 Å². The van der Waals surface area contributed by atoms with Gasteiger partial charge in [-0.05, 0) is 13.8 Å². The average molecular weight is 201 g/mol. The Morgan fingerprint density at radius 2 is 2.10 bits per heavy atom. The molecule has 10 heavy (non-hydrogen) atoms. The standard InChI is InChI=1S/C9H13.BrH/c1-4-9-6-5-7(2)8(9)3;/h5-6H,4H2,1-3H3;1H/q+1;/p-1. The van der Waals surface area contributed by atoms with Crippen molar-refractivity contribution in [3.05, 3.63) is 29.2 Å². The summed E-state index contributed by atoms with van der Waals surface area (Å²) >= 11 is 0. The summed E-state index contributed by atoms with van der Waals surface area (Å²) in [6.45, 7) is 6.55. The molecule has 1 heteroatoms. The van der Waals surface area contributed by atoms with Crippen LogP contribution in [0.1, 0.15) is 27.2 Å². The minimum absolute atomic E-state index is 0. The second kappa shape index (κ2) is 3.87. The zero-order chi connectivity index (χ0) is 6.85. The molecule has 0 aromatic heterocycles. The predicted octanol–water partition coefficient (Wildman–Crippen LogP) is -0.119. The van der Waals surface area contributed by atoms with Crippen LogP contribution in [0.2, 0.25) is 0 Å². The summed E-state index contributed by atoms with van der Waals surface area (Å²) in [5.41, 5.74) is 2.96. The fourth-order valence-corrected chi connectivity index (χ4v) is 1.11. The third-order valence-electron chi connectivity index (χ3n) is 1.99. The number of hydrogen-bond donors (Lipinski definition) is 0. The first-order valence-corrected chi connectivity index (χ1v) is 3.47. The van der Waals surface area contributed by atoms with E-state index in [1.165, 1.54) is 23.5 Å². The van der Waals surface area contributed by atoms with E-state index in [0.29, 0.717) is 0 Å². The van der Waals surface area contributed by atoms with E-state index in [4.69, 9.17) is 0 Å². The summed E-state index contributed by atoms with van der Waals surface area (Å²) in [5, 5.41) is 0. The molecule has 0 aliphatic heterocycles. The zero-order valence-corrected chi connectivity index (χ0v) is 8.33. The highest BCUT2D eigenvalue weighted by Gasteiger charge is 2.19. The van der Waals surface area contributed by atoms with Crippen LogP contribution < -0.4 is 17.0 Å². The quantitative estimate of drug-likeness (QED) is 0.519. The Morgan fingerprint density at radius 1 is 1.50 bits per heavy atom. The molecule has 1 aliphatic rings. The van der Waals surface area contributed by atoms with E-state index >= 15 is 0 Å². The van der Waals surface area contributed by atoms with Gasteiger partial charge in [0.1, 0.15) is 0 Å². The first kappa shape index (κ1) is 9.83. The van der Waals surface area contributed by atoms with Gasteiger partial charge in [0.15, 0.2) is 0 Å². The Hall–Kier alpha value is -0.170. The van der Waals surface area contributed by atoms with Crippen LogP contribution in [0.4, 0.5) is 0 Å². The van der Waals surface area contributed by atoms with Crippen LogP contribution in [0.15, 0.2) is 23.3 Å². The Labute approximate surface area is 73.8 Å². The average Bonchev–Trinajstić information content (AvgIpc) is 2.15. The molecule has 0 unspecified atom stereocenters. The van der Waals surface area contributed by atoms with Crippen LogP contribution in [0.5, 0.6) is 0 Å². The molecule has 0 aromatic rings. The Bertz CT molecular complexity index is 166. The number of hydrogen-bond acceptors (Lipinski definition) is 0. The van der Waals surface area contributed by atoms with Gasteiger partial charge in [0.2, 0.25) is 0 Å². The number of rotatable bonds is 1. The van der Waals surface area contributed by atoms with Crippen molar-refractivity contribution in [2.45, 2.75) is 27.2 Å². The fourth-order valence-electron chi connectivity index (χ4n) is 1.11. The van der Waals surface area contributed by atoms with Crippen LogP contribution in [-0.4, -0.2) is 0 Å². The minimum atomic E-state index is 0. The van der Waals surface area contributed by atoms with E-state index in [1.807, 2.05) is 0 Å². The van der Waals surface area contributed by atoms with Crippen LogP contribution in [0.3, 0.4) is 0 Å². The minimum Gasteiger partial charge on any atom is -1.00 e. The lowest BCUT2D eigenvalue weighted by Crippen LogP contribution is -3.00. The predicted molar refractivity (Wildman–Crippen MR) is 41.0 cm³/mol. The molecular weight excluding hydrogens is 188 g/mol. The molecule has 0 atom stereocenters. The van der Waals surface area contributed by atoms with Gasteiger partial charge < -0.3 is 17.0 Å². The second-order valence-electron chi connectivity index (χ2n) is 2.52. The van der Waals surface area contributed by atoms with Gasteiger partial charge in [0.25, 0.3) is 0 Å². The van der Waals surface area contributed by atoms with Crippen molar-refractivity contribution in [2.75, 3.05) is 0 Å². The van der Waals surface area contributed by atoms with Gasteiger partial charge in [-0.1, -0.05) is 0 Å². The molecule has 0 aromatic carbocycles. The Kier molecular flexibility index (Phi) is 3.80. The molecule has 0 spiro atoms. The highest BCUT2D eigenvalue weighted by atomic mass is 79.9. The molecule has 0 amide bonds. The lowest BCUT2D eigenvalue weighted by Gasteiger charge is -1.92. The molecule has 1 rings (SSSR count). The molecule has 1 aliphatic carbocycles. The maximum atomic E-state index is 2.21. The van der Waals surface area contributed by atoms with Gasteiger partial charge in [-0.2, -0.15) is 0 Å². The normalized spacial score (nSPS) is 16.1. The molecule has 0 N–H and O–H groups in total. The van der Waals surface area contributed by atoms with Gasteiger partial charge in [0.05, 0.1) is 29.2 Å². The molecule has 0 radical (unpaired) electrons. The van der Waals surface area contributed by atoms with Crippen molar-refractivity contribution in [2.24, 2.45) is 0 Å². The first-order valence-electron chi connectivity index (χ1n) is 3.47. The molecular formula is C9H13Br. The van der Waals surface area contributed by atoms with Crippen molar-refractivity contribution in [3.8, 4) is 0 Å². The fraction of sp³-hybridized carbons (Fsp3) is 0.444. The highest BCUT2D eigenvalue weighted by molar-refractivity contribution is 5.46. The van der Waals surface area contributed by atoms with Crippen molar-refractivity contribution < 1.29 is 17.0 Å². The van der Waals surface area contributed by atoms with Gasteiger partial charge in [-0.15, -0.1) is 0 Å². The third kappa shape index (κ3) is 1.66. The summed E-state index contributed by atoms with van der Waals surface area (Å²) < 4.78 is 0. The van der Waals surface area contributed by atoms with Crippen molar-refractivity contribution in [1.29, 1.82) is 0 Å². The van der Waals surface area contributed by atoms with Crippen LogP contribution in [0.25, 0.3) is 0 Å². The largest absolute Gasteiger partial charge is 1.00 e. The van der Waals surface area contributed by atoms with E-state index in [9.17, 15) is 0 Å². The zero-order valence-electron chi connectivity index (χ0n) is 6.74. The van der Waals surface area contributed by atoms with Crippen molar-refractivity contribution in [1.82, 2.24) is 0 Å². The van der Waals surface area contributed by atoms with Crippen molar-refractivity contribution in [3.63, 3.8) is 0 Å². The van der Waals surface area contributed by atoms with Gasteiger partial charge in [0, 0.05) is 13.3 Å². The van der Waals surface area contributed by atoms with Gasteiger partial charge in [-0.3, -0.25) is 0 Å². The summed E-state index contributed by atoms with van der Waals surface area (Å²) in [4.78, 5) is 0.